The smallest absolute Gasteiger partial charge is 0.379 e. The molecule has 4 aromatic rings. The molecule has 0 spiro atoms. The van der Waals surface area contributed by atoms with Crippen LogP contribution < -0.4 is 10.0 Å². The number of carbonyl (C=O) groups is 1. The zero-order valence-corrected chi connectivity index (χ0v) is 28.6. The van der Waals surface area contributed by atoms with Crippen LogP contribution >= 0.6 is 0 Å². The number of piperidine rings is 1. The molecule has 51 heavy (non-hydrogen) atoms. The van der Waals surface area contributed by atoms with Gasteiger partial charge < -0.3 is 10.4 Å². The summed E-state index contributed by atoms with van der Waals surface area (Å²) in [6.45, 7) is -0.246. The summed E-state index contributed by atoms with van der Waals surface area (Å²) in [5.74, 6) is -2.55. The summed E-state index contributed by atoms with van der Waals surface area (Å²) in [4.78, 5) is 13.8. The third-order valence-electron chi connectivity index (χ3n) is 8.82. The van der Waals surface area contributed by atoms with Crippen molar-refractivity contribution in [1.82, 2.24) is 9.03 Å². The van der Waals surface area contributed by atoms with Crippen molar-refractivity contribution in [2.24, 2.45) is 5.92 Å². The third kappa shape index (κ3) is 8.13. The second-order valence-electron chi connectivity index (χ2n) is 12.0. The Morgan fingerprint density at radius 2 is 1.53 bits per heavy atom. The van der Waals surface area contributed by atoms with E-state index in [0.29, 0.717) is 22.8 Å². The standard InChI is InChI=1S/C35H32F4N4O6S2/c1-41-50(46,47)31-7-3-6-25(19-31)24-5-2-4-23(18-24)21-34(45,33(44)42-29-11-8-26(22-40)32(20-29)35(37,38)39)27-14-16-43(17-15-27)51(48,49)30-12-9-28(36)10-13-30/h2-13,18-20,27,41,45H,14-17,21H2,1H3,(H,42,44). The molecule has 16 heteroatoms. The van der Waals surface area contributed by atoms with Crippen molar-refractivity contribution in [3.63, 3.8) is 0 Å². The average molecular weight is 745 g/mol. The molecular formula is C35H32F4N4O6S2. The number of nitrogens with zero attached hydrogens (tertiary/aromatic N) is 2. The lowest BCUT2D eigenvalue weighted by atomic mass is 9.76. The lowest BCUT2D eigenvalue weighted by molar-refractivity contribution is -0.142. The average Bonchev–Trinajstić information content (AvgIpc) is 3.11. The molecule has 1 saturated heterocycles. The number of nitrogens with one attached hydrogen (secondary N) is 2. The molecule has 0 radical (unpaired) electrons. The van der Waals surface area contributed by atoms with E-state index >= 15 is 0 Å². The summed E-state index contributed by atoms with van der Waals surface area (Å²) >= 11 is 0. The highest BCUT2D eigenvalue weighted by atomic mass is 32.2. The zero-order valence-electron chi connectivity index (χ0n) is 27.0. The zero-order chi connectivity index (χ0) is 37.2. The van der Waals surface area contributed by atoms with Gasteiger partial charge in [0.05, 0.1) is 27.0 Å². The topological polar surface area (TPSA) is 157 Å². The molecule has 1 aliphatic rings. The van der Waals surface area contributed by atoms with Gasteiger partial charge in [-0.1, -0.05) is 36.4 Å². The molecule has 4 aromatic carbocycles. The maximum atomic E-state index is 14.0. The van der Waals surface area contributed by atoms with Gasteiger partial charge in [-0.3, -0.25) is 4.79 Å². The fourth-order valence-corrected chi connectivity index (χ4v) is 8.31. The molecule has 5 rings (SSSR count). The van der Waals surface area contributed by atoms with E-state index in [1.54, 1.807) is 36.4 Å². The predicted molar refractivity (Wildman–Crippen MR) is 179 cm³/mol. The highest BCUT2D eigenvalue weighted by Crippen LogP contribution is 2.37. The number of aliphatic hydroxyl groups is 1. The van der Waals surface area contributed by atoms with Gasteiger partial charge in [0.25, 0.3) is 5.91 Å². The number of hydrogen-bond acceptors (Lipinski definition) is 7. The lowest BCUT2D eigenvalue weighted by Crippen LogP contribution is -2.54. The molecule has 1 amide bonds. The summed E-state index contributed by atoms with van der Waals surface area (Å²) in [5.41, 5.74) is -3.06. The van der Waals surface area contributed by atoms with Gasteiger partial charge in [-0.05, 0) is 97.1 Å². The number of benzene rings is 4. The van der Waals surface area contributed by atoms with Gasteiger partial charge in [0.2, 0.25) is 20.0 Å². The Balaban J connectivity index is 1.48. The van der Waals surface area contributed by atoms with Gasteiger partial charge in [0.15, 0.2) is 0 Å². The van der Waals surface area contributed by atoms with Gasteiger partial charge >= 0.3 is 6.18 Å². The van der Waals surface area contributed by atoms with Gasteiger partial charge in [0, 0.05) is 25.2 Å². The van der Waals surface area contributed by atoms with Crippen molar-refractivity contribution in [2.45, 2.75) is 40.8 Å². The van der Waals surface area contributed by atoms with Crippen LogP contribution in [0.5, 0.6) is 0 Å². The molecule has 3 N–H and O–H groups in total. The van der Waals surface area contributed by atoms with E-state index < -0.39 is 60.6 Å². The first-order chi connectivity index (χ1) is 24.0. The van der Waals surface area contributed by atoms with Crippen LogP contribution in [0.4, 0.5) is 23.2 Å². The van der Waals surface area contributed by atoms with Crippen LogP contribution in [0.25, 0.3) is 11.1 Å². The van der Waals surface area contributed by atoms with Gasteiger partial charge in [-0.15, -0.1) is 0 Å². The van der Waals surface area contributed by atoms with E-state index in [4.69, 9.17) is 0 Å². The molecule has 1 heterocycles. The maximum absolute atomic E-state index is 14.0. The van der Waals surface area contributed by atoms with Crippen molar-refractivity contribution in [3.8, 4) is 17.2 Å². The monoisotopic (exact) mass is 744 g/mol. The quantitative estimate of drug-likeness (QED) is 0.186. The fraction of sp³-hybridized carbons (Fsp3) is 0.257. The van der Waals surface area contributed by atoms with Crippen molar-refractivity contribution in [1.29, 1.82) is 5.26 Å². The lowest BCUT2D eigenvalue weighted by Gasteiger charge is -2.40. The summed E-state index contributed by atoms with van der Waals surface area (Å²) in [5, 5.41) is 23.8. The van der Waals surface area contributed by atoms with Crippen molar-refractivity contribution >= 4 is 31.6 Å². The molecule has 0 saturated carbocycles. The van der Waals surface area contributed by atoms with Crippen LogP contribution in [0, 0.1) is 23.1 Å². The molecule has 1 fully saturated rings. The van der Waals surface area contributed by atoms with Crippen molar-refractivity contribution in [3.05, 3.63) is 114 Å². The Kier molecular flexibility index (Phi) is 10.7. The molecule has 1 atom stereocenters. The number of anilines is 1. The minimum atomic E-state index is -4.91. The summed E-state index contributed by atoms with van der Waals surface area (Å²) in [6, 6.07) is 21.0. The number of amides is 1. The van der Waals surface area contributed by atoms with E-state index in [0.717, 1.165) is 40.7 Å². The number of halogens is 4. The molecule has 0 aliphatic carbocycles. The fourth-order valence-electron chi connectivity index (χ4n) is 6.07. The normalized spacial score (nSPS) is 15.9. The Morgan fingerprint density at radius 3 is 2.14 bits per heavy atom. The third-order valence-corrected chi connectivity index (χ3v) is 12.1. The van der Waals surface area contributed by atoms with E-state index in [-0.39, 0.29) is 47.8 Å². The molecule has 1 unspecified atom stereocenters. The van der Waals surface area contributed by atoms with Crippen LogP contribution in [0.1, 0.15) is 29.5 Å². The number of rotatable bonds is 10. The van der Waals surface area contributed by atoms with E-state index in [1.165, 1.54) is 25.2 Å². The Bertz CT molecular complexity index is 2200. The van der Waals surface area contributed by atoms with Crippen LogP contribution in [-0.2, 0) is 37.4 Å². The van der Waals surface area contributed by atoms with Crippen molar-refractivity contribution in [2.75, 3.05) is 25.5 Å². The molecule has 0 bridgehead atoms. The van der Waals surface area contributed by atoms with Crippen molar-refractivity contribution < 1.29 is 44.3 Å². The second-order valence-corrected chi connectivity index (χ2v) is 15.8. The largest absolute Gasteiger partial charge is 0.417 e. The SMILES string of the molecule is CNS(=O)(=O)c1cccc(-c2cccc(CC(O)(C(=O)Nc3ccc(C#N)c(C(F)(F)F)c3)C3CCN(S(=O)(=O)c4ccc(F)cc4)CC3)c2)c1. The Hall–Kier alpha value is -4.66. The summed E-state index contributed by atoms with van der Waals surface area (Å²) in [6.07, 6.45) is -5.29. The minimum Gasteiger partial charge on any atom is -0.379 e. The Morgan fingerprint density at radius 1 is 0.902 bits per heavy atom. The molecule has 0 aromatic heterocycles. The van der Waals surface area contributed by atoms with E-state index in [2.05, 4.69) is 10.0 Å². The number of carbonyl (C=O) groups excluding carboxylic acids is 1. The first kappa shape index (κ1) is 37.6. The first-order valence-corrected chi connectivity index (χ1v) is 18.4. The number of sulfonamides is 2. The van der Waals surface area contributed by atoms with E-state index in [1.807, 2.05) is 0 Å². The number of alkyl halides is 3. The highest BCUT2D eigenvalue weighted by Gasteiger charge is 2.46. The minimum absolute atomic E-state index is 0.00628. The van der Waals surface area contributed by atoms with Gasteiger partial charge in [0.1, 0.15) is 11.4 Å². The molecule has 1 aliphatic heterocycles. The molecular weight excluding hydrogens is 713 g/mol. The van der Waals surface area contributed by atoms with Crippen LogP contribution in [0.15, 0.2) is 101 Å². The van der Waals surface area contributed by atoms with Crippen LogP contribution in [0.3, 0.4) is 0 Å². The molecule has 10 nitrogen and oxygen atoms in total. The van der Waals surface area contributed by atoms with Crippen LogP contribution in [-0.4, -0.2) is 57.9 Å². The van der Waals surface area contributed by atoms with Gasteiger partial charge in [-0.25, -0.2) is 25.9 Å². The van der Waals surface area contributed by atoms with E-state index in [9.17, 15) is 49.6 Å². The molecule has 268 valence electrons. The Labute approximate surface area is 292 Å². The number of nitriles is 1. The predicted octanol–water partition coefficient (Wildman–Crippen LogP) is 5.30. The highest BCUT2D eigenvalue weighted by molar-refractivity contribution is 7.89. The first-order valence-electron chi connectivity index (χ1n) is 15.5. The van der Waals surface area contributed by atoms with Gasteiger partial charge in [-0.2, -0.15) is 22.7 Å². The summed E-state index contributed by atoms with van der Waals surface area (Å²) in [7, 11) is -6.54. The summed E-state index contributed by atoms with van der Waals surface area (Å²) < 4.78 is 109. The maximum Gasteiger partial charge on any atom is 0.417 e. The number of hydrogen-bond donors (Lipinski definition) is 3. The second kappa shape index (κ2) is 14.5. The van der Waals surface area contributed by atoms with Crippen LogP contribution in [0.2, 0.25) is 0 Å².